The van der Waals surface area contributed by atoms with E-state index in [2.05, 4.69) is 10.6 Å². The monoisotopic (exact) mass is 402 g/mol. The fourth-order valence-electron chi connectivity index (χ4n) is 2.72. The average Bonchev–Trinajstić information content (AvgIpc) is 2.75. The van der Waals surface area contributed by atoms with Gasteiger partial charge in [-0.15, -0.1) is 0 Å². The second-order valence-electron chi connectivity index (χ2n) is 6.38. The van der Waals surface area contributed by atoms with Crippen LogP contribution in [-0.4, -0.2) is 23.5 Å². The molecular weight excluding hydrogens is 380 g/mol. The van der Waals surface area contributed by atoms with E-state index in [4.69, 9.17) is 4.74 Å². The molecule has 6 heteroatoms. The van der Waals surface area contributed by atoms with E-state index in [1.165, 1.54) is 12.1 Å². The minimum absolute atomic E-state index is 0.0261. The van der Waals surface area contributed by atoms with Crippen LogP contribution >= 0.6 is 0 Å². The van der Waals surface area contributed by atoms with Gasteiger partial charge in [0.25, 0.3) is 11.8 Å². The van der Waals surface area contributed by atoms with Crippen molar-refractivity contribution in [2.75, 3.05) is 11.9 Å². The van der Waals surface area contributed by atoms with E-state index in [0.29, 0.717) is 29.2 Å². The van der Waals surface area contributed by atoms with Gasteiger partial charge in [-0.05, 0) is 55.0 Å². The van der Waals surface area contributed by atoms with E-state index < -0.39 is 11.8 Å². The highest BCUT2D eigenvalue weighted by molar-refractivity contribution is 6.10. The zero-order valence-electron chi connectivity index (χ0n) is 16.5. The van der Waals surface area contributed by atoms with E-state index >= 15 is 0 Å². The minimum Gasteiger partial charge on any atom is -0.508 e. The van der Waals surface area contributed by atoms with Crippen LogP contribution < -0.4 is 15.4 Å². The SMILES string of the molecule is CCOc1ccc(/C=C(\NC(=O)c2ccccc2)C(=O)Nc2cccc(O)c2)cc1. The number of aromatic hydroxyl groups is 1. The van der Waals surface area contributed by atoms with Gasteiger partial charge in [-0.2, -0.15) is 0 Å². The Morgan fingerprint density at radius 1 is 0.967 bits per heavy atom. The molecule has 0 aliphatic carbocycles. The lowest BCUT2D eigenvalue weighted by atomic mass is 10.1. The molecule has 3 aromatic rings. The van der Waals surface area contributed by atoms with Gasteiger partial charge >= 0.3 is 0 Å². The van der Waals surface area contributed by atoms with Crippen molar-refractivity contribution in [2.24, 2.45) is 0 Å². The molecular formula is C24H22N2O4. The number of ether oxygens (including phenoxy) is 1. The number of phenolic OH excluding ortho intramolecular Hbond substituents is 1. The van der Waals surface area contributed by atoms with Crippen LogP contribution in [0.5, 0.6) is 11.5 Å². The molecule has 0 heterocycles. The van der Waals surface area contributed by atoms with Gasteiger partial charge in [-0.1, -0.05) is 36.4 Å². The summed E-state index contributed by atoms with van der Waals surface area (Å²) in [6.07, 6.45) is 1.58. The summed E-state index contributed by atoms with van der Waals surface area (Å²) in [7, 11) is 0. The highest BCUT2D eigenvalue weighted by Crippen LogP contribution is 2.18. The van der Waals surface area contributed by atoms with Gasteiger partial charge in [0, 0.05) is 17.3 Å². The number of carbonyl (C=O) groups excluding carboxylic acids is 2. The van der Waals surface area contributed by atoms with Gasteiger partial charge in [0.2, 0.25) is 0 Å². The minimum atomic E-state index is -0.515. The fourth-order valence-corrected chi connectivity index (χ4v) is 2.72. The van der Waals surface area contributed by atoms with Crippen molar-refractivity contribution < 1.29 is 19.4 Å². The Balaban J connectivity index is 1.86. The molecule has 0 bridgehead atoms. The smallest absolute Gasteiger partial charge is 0.272 e. The Morgan fingerprint density at radius 3 is 2.37 bits per heavy atom. The van der Waals surface area contributed by atoms with Crippen molar-refractivity contribution in [3.8, 4) is 11.5 Å². The summed E-state index contributed by atoms with van der Waals surface area (Å²) in [4.78, 5) is 25.5. The molecule has 0 atom stereocenters. The first-order valence-corrected chi connectivity index (χ1v) is 9.46. The van der Waals surface area contributed by atoms with Crippen LogP contribution in [0.15, 0.2) is 84.6 Å². The molecule has 2 amide bonds. The molecule has 0 unspecified atom stereocenters. The molecule has 3 aromatic carbocycles. The first-order valence-electron chi connectivity index (χ1n) is 9.46. The summed E-state index contributed by atoms with van der Waals surface area (Å²) in [5, 5.41) is 15.0. The Morgan fingerprint density at radius 2 is 1.70 bits per heavy atom. The van der Waals surface area contributed by atoms with E-state index in [9.17, 15) is 14.7 Å². The van der Waals surface area contributed by atoms with Gasteiger partial charge in [0.05, 0.1) is 6.61 Å². The second-order valence-corrected chi connectivity index (χ2v) is 6.38. The Hall–Kier alpha value is -4.06. The van der Waals surface area contributed by atoms with Crippen molar-refractivity contribution in [1.82, 2.24) is 5.32 Å². The normalized spacial score (nSPS) is 10.9. The van der Waals surface area contributed by atoms with Crippen LogP contribution in [0.1, 0.15) is 22.8 Å². The quantitative estimate of drug-likeness (QED) is 0.517. The molecule has 152 valence electrons. The van der Waals surface area contributed by atoms with Crippen molar-refractivity contribution in [3.05, 3.63) is 95.7 Å². The molecule has 6 nitrogen and oxygen atoms in total. The van der Waals surface area contributed by atoms with Crippen LogP contribution in [-0.2, 0) is 4.79 Å². The maximum Gasteiger partial charge on any atom is 0.272 e. The molecule has 30 heavy (non-hydrogen) atoms. The fraction of sp³-hybridized carbons (Fsp3) is 0.0833. The van der Waals surface area contributed by atoms with Gasteiger partial charge in [-0.25, -0.2) is 0 Å². The van der Waals surface area contributed by atoms with Crippen LogP contribution in [0.3, 0.4) is 0 Å². The molecule has 0 saturated heterocycles. The van der Waals surface area contributed by atoms with Crippen LogP contribution in [0.25, 0.3) is 6.08 Å². The maximum atomic E-state index is 12.9. The number of hydrogen-bond donors (Lipinski definition) is 3. The number of anilines is 1. The third kappa shape index (κ3) is 5.72. The first-order chi connectivity index (χ1) is 14.5. The largest absolute Gasteiger partial charge is 0.508 e. The maximum absolute atomic E-state index is 12.9. The second kappa shape index (κ2) is 9.93. The van der Waals surface area contributed by atoms with Crippen LogP contribution in [0, 0.1) is 0 Å². The third-order valence-corrected chi connectivity index (χ3v) is 4.13. The number of phenols is 1. The van der Waals surface area contributed by atoms with Crippen LogP contribution in [0.4, 0.5) is 5.69 Å². The summed E-state index contributed by atoms with van der Waals surface area (Å²) in [6, 6.07) is 22.0. The van der Waals surface area contributed by atoms with E-state index in [1.54, 1.807) is 66.7 Å². The van der Waals surface area contributed by atoms with Gasteiger partial charge in [0.15, 0.2) is 0 Å². The summed E-state index contributed by atoms with van der Waals surface area (Å²) in [6.45, 7) is 2.46. The lowest BCUT2D eigenvalue weighted by Gasteiger charge is -2.12. The van der Waals surface area contributed by atoms with Crippen LogP contribution in [0.2, 0.25) is 0 Å². The zero-order chi connectivity index (χ0) is 21.3. The predicted octanol–water partition coefficient (Wildman–Crippen LogP) is 4.20. The summed E-state index contributed by atoms with van der Waals surface area (Å²) in [5.74, 6) is -0.176. The zero-order valence-corrected chi connectivity index (χ0v) is 16.5. The van der Waals surface area contributed by atoms with E-state index in [-0.39, 0.29) is 11.4 Å². The van der Waals surface area contributed by atoms with Crippen molar-refractivity contribution in [3.63, 3.8) is 0 Å². The highest BCUT2D eigenvalue weighted by atomic mass is 16.5. The van der Waals surface area contributed by atoms with E-state index in [1.807, 2.05) is 13.0 Å². The standard InChI is InChI=1S/C24H22N2O4/c1-2-30-21-13-11-17(12-14-21)15-22(26-23(28)18-7-4-3-5-8-18)24(29)25-19-9-6-10-20(27)16-19/h3-16,27H,2H2,1H3,(H,25,29)(H,26,28)/b22-15-. The number of amides is 2. The number of benzene rings is 3. The molecule has 0 aliphatic heterocycles. The molecule has 0 radical (unpaired) electrons. The topological polar surface area (TPSA) is 87.7 Å². The Bertz CT molecular complexity index is 1040. The summed E-state index contributed by atoms with van der Waals surface area (Å²) >= 11 is 0. The highest BCUT2D eigenvalue weighted by Gasteiger charge is 2.15. The molecule has 0 fully saturated rings. The molecule has 0 aromatic heterocycles. The van der Waals surface area contributed by atoms with Crippen molar-refractivity contribution >= 4 is 23.6 Å². The lowest BCUT2D eigenvalue weighted by Crippen LogP contribution is -2.30. The predicted molar refractivity (Wildman–Crippen MR) is 116 cm³/mol. The average molecular weight is 402 g/mol. The third-order valence-electron chi connectivity index (χ3n) is 4.13. The molecule has 3 rings (SSSR count). The summed E-state index contributed by atoms with van der Waals surface area (Å²) < 4.78 is 5.43. The van der Waals surface area contributed by atoms with Gasteiger partial charge in [0.1, 0.15) is 17.2 Å². The Kier molecular flexibility index (Phi) is 6.84. The van der Waals surface area contributed by atoms with Gasteiger partial charge < -0.3 is 20.5 Å². The molecule has 3 N–H and O–H groups in total. The Labute approximate surface area is 174 Å². The molecule has 0 saturated carbocycles. The number of rotatable bonds is 7. The number of hydrogen-bond acceptors (Lipinski definition) is 4. The number of carbonyl (C=O) groups is 2. The van der Waals surface area contributed by atoms with Gasteiger partial charge in [-0.3, -0.25) is 9.59 Å². The van der Waals surface area contributed by atoms with E-state index in [0.717, 1.165) is 0 Å². The number of nitrogens with one attached hydrogen (secondary N) is 2. The van der Waals surface area contributed by atoms with Crippen molar-refractivity contribution in [1.29, 1.82) is 0 Å². The molecule has 0 spiro atoms. The summed E-state index contributed by atoms with van der Waals surface area (Å²) in [5.41, 5.74) is 1.62. The van der Waals surface area contributed by atoms with Crippen molar-refractivity contribution in [2.45, 2.75) is 6.92 Å². The first kappa shape index (κ1) is 20.7. The molecule has 0 aliphatic rings. The lowest BCUT2D eigenvalue weighted by molar-refractivity contribution is -0.113.